The van der Waals surface area contributed by atoms with Crippen LogP contribution in [-0.2, 0) is 0 Å². The number of rotatable bonds is 3. The summed E-state index contributed by atoms with van der Waals surface area (Å²) >= 11 is 0. The molecule has 3 aromatic rings. The number of anilines is 3. The maximum Gasteiger partial charge on any atom is 0.413 e. The third-order valence-electron chi connectivity index (χ3n) is 6.42. The van der Waals surface area contributed by atoms with Crippen LogP contribution in [0, 0.1) is 12.7 Å². The van der Waals surface area contributed by atoms with E-state index >= 15 is 4.39 Å². The van der Waals surface area contributed by atoms with Crippen molar-refractivity contribution in [1.29, 1.82) is 0 Å². The molecular formula is C23H24FN5O4. The lowest BCUT2D eigenvalue weighted by atomic mass is 9.97. The summed E-state index contributed by atoms with van der Waals surface area (Å²) in [6, 6.07) is 2.85. The highest BCUT2D eigenvalue weighted by Crippen LogP contribution is 2.40. The van der Waals surface area contributed by atoms with Crippen LogP contribution in [0.5, 0.6) is 5.88 Å². The van der Waals surface area contributed by atoms with Gasteiger partial charge in [-0.05, 0) is 49.3 Å². The second-order valence-corrected chi connectivity index (χ2v) is 8.44. The van der Waals surface area contributed by atoms with Crippen LogP contribution in [0.1, 0.15) is 24.8 Å². The molecule has 10 heteroatoms. The number of hydrogen-bond acceptors (Lipinski definition) is 7. The molecule has 0 radical (unpaired) electrons. The second-order valence-electron chi connectivity index (χ2n) is 8.44. The van der Waals surface area contributed by atoms with Gasteiger partial charge in [0.1, 0.15) is 18.1 Å². The second kappa shape index (κ2) is 8.04. The third kappa shape index (κ3) is 3.56. The Bertz CT molecular complexity index is 1270. The predicted molar refractivity (Wildman–Crippen MR) is 122 cm³/mol. The van der Waals surface area contributed by atoms with E-state index in [1.165, 1.54) is 11.1 Å². The first-order valence-corrected chi connectivity index (χ1v) is 10.8. The van der Waals surface area contributed by atoms with Gasteiger partial charge in [0.05, 0.1) is 11.8 Å². The van der Waals surface area contributed by atoms with Crippen molar-refractivity contribution >= 4 is 34.1 Å². The number of pyridine rings is 2. The van der Waals surface area contributed by atoms with Crippen molar-refractivity contribution in [1.82, 2.24) is 9.97 Å². The number of aliphatic hydroxyl groups excluding tert-OH is 1. The van der Waals surface area contributed by atoms with Gasteiger partial charge in [-0.15, -0.1) is 0 Å². The summed E-state index contributed by atoms with van der Waals surface area (Å²) in [5, 5.41) is 23.9. The van der Waals surface area contributed by atoms with Gasteiger partial charge in [-0.3, -0.25) is 4.90 Å². The van der Waals surface area contributed by atoms with E-state index in [2.05, 4.69) is 15.3 Å². The van der Waals surface area contributed by atoms with E-state index in [1.807, 2.05) is 6.92 Å². The largest absolute Gasteiger partial charge is 0.474 e. The Kier molecular flexibility index (Phi) is 5.16. The number of carbonyl (C=O) groups is 1. The van der Waals surface area contributed by atoms with Crippen molar-refractivity contribution in [2.24, 2.45) is 0 Å². The van der Waals surface area contributed by atoms with Gasteiger partial charge in [0, 0.05) is 41.5 Å². The summed E-state index contributed by atoms with van der Waals surface area (Å²) in [6.07, 6.45) is 2.67. The molecule has 0 bridgehead atoms. The fourth-order valence-electron chi connectivity index (χ4n) is 4.72. The Balaban J connectivity index is 1.63. The molecule has 9 nitrogen and oxygen atoms in total. The molecule has 172 valence electrons. The molecule has 1 saturated carbocycles. The monoisotopic (exact) mass is 453 g/mol. The Labute approximate surface area is 189 Å². The Morgan fingerprint density at radius 3 is 2.82 bits per heavy atom. The van der Waals surface area contributed by atoms with Gasteiger partial charge >= 0.3 is 6.09 Å². The quantitative estimate of drug-likeness (QED) is 0.443. The van der Waals surface area contributed by atoms with Gasteiger partial charge in [0.15, 0.2) is 5.82 Å². The van der Waals surface area contributed by atoms with Crippen molar-refractivity contribution in [2.45, 2.75) is 38.3 Å². The Morgan fingerprint density at radius 2 is 2.09 bits per heavy atom. The van der Waals surface area contributed by atoms with Crippen molar-refractivity contribution in [3.05, 3.63) is 35.9 Å². The maximum atomic E-state index is 15.3. The molecule has 0 spiro atoms. The number of ether oxygens (including phenoxy) is 1. The van der Waals surface area contributed by atoms with Crippen molar-refractivity contribution < 1.29 is 24.1 Å². The van der Waals surface area contributed by atoms with Crippen LogP contribution in [0.3, 0.4) is 0 Å². The number of aliphatic hydroxyl groups is 1. The molecule has 1 aromatic carbocycles. The fraction of sp³-hybridized carbons (Fsp3) is 0.348. The van der Waals surface area contributed by atoms with Gasteiger partial charge in [-0.1, -0.05) is 0 Å². The van der Waals surface area contributed by atoms with E-state index in [0.717, 1.165) is 5.56 Å². The third-order valence-corrected chi connectivity index (χ3v) is 6.42. The Morgan fingerprint density at radius 1 is 1.27 bits per heavy atom. The fourth-order valence-corrected chi connectivity index (χ4v) is 4.72. The summed E-state index contributed by atoms with van der Waals surface area (Å²) in [5.74, 6) is 0.0908. The number of nitrogens with one attached hydrogen (secondary N) is 1. The average molecular weight is 453 g/mol. The van der Waals surface area contributed by atoms with E-state index < -0.39 is 18.0 Å². The number of amides is 1. The molecule has 5 N–H and O–H groups in total. The molecule has 1 aliphatic heterocycles. The number of fused-ring (bicyclic) bond motifs is 2. The number of halogens is 1. The normalized spacial score (nSPS) is 19.6. The van der Waals surface area contributed by atoms with Gasteiger partial charge in [-0.25, -0.2) is 19.2 Å². The van der Waals surface area contributed by atoms with E-state index in [0.29, 0.717) is 60.3 Å². The minimum Gasteiger partial charge on any atom is -0.474 e. The van der Waals surface area contributed by atoms with Gasteiger partial charge in [0.25, 0.3) is 0 Å². The number of carboxylic acid groups (broad SMARTS) is 1. The molecule has 0 unspecified atom stereocenters. The van der Waals surface area contributed by atoms with Crippen LogP contribution >= 0.6 is 0 Å². The minimum atomic E-state index is -1.16. The molecule has 2 atom stereocenters. The van der Waals surface area contributed by atoms with Crippen LogP contribution in [0.4, 0.5) is 26.4 Å². The highest BCUT2D eigenvalue weighted by atomic mass is 19.1. The predicted octanol–water partition coefficient (Wildman–Crippen LogP) is 3.53. The topological polar surface area (TPSA) is 134 Å². The van der Waals surface area contributed by atoms with Crippen LogP contribution in [0.25, 0.3) is 21.9 Å². The molecule has 1 aliphatic carbocycles. The van der Waals surface area contributed by atoms with Crippen LogP contribution < -0.4 is 20.7 Å². The first-order chi connectivity index (χ1) is 15.8. The van der Waals surface area contributed by atoms with Gasteiger partial charge < -0.3 is 26.0 Å². The zero-order valence-corrected chi connectivity index (χ0v) is 18.0. The summed E-state index contributed by atoms with van der Waals surface area (Å²) in [4.78, 5) is 21.8. The van der Waals surface area contributed by atoms with E-state index in [4.69, 9.17) is 10.5 Å². The highest BCUT2D eigenvalue weighted by Gasteiger charge is 2.33. The average Bonchev–Trinajstić information content (AvgIpc) is 3.22. The molecule has 1 amide bonds. The van der Waals surface area contributed by atoms with Gasteiger partial charge in [0.2, 0.25) is 5.88 Å². The zero-order valence-electron chi connectivity index (χ0n) is 18.0. The first-order valence-electron chi connectivity index (χ1n) is 10.8. The highest BCUT2D eigenvalue weighted by molar-refractivity contribution is 5.99. The van der Waals surface area contributed by atoms with E-state index in [-0.39, 0.29) is 23.1 Å². The zero-order chi connectivity index (χ0) is 23.3. The van der Waals surface area contributed by atoms with E-state index in [1.54, 1.807) is 18.3 Å². The van der Waals surface area contributed by atoms with Crippen LogP contribution in [-0.4, -0.2) is 51.6 Å². The van der Waals surface area contributed by atoms with Crippen LogP contribution in [0.2, 0.25) is 0 Å². The molecule has 2 aromatic heterocycles. The molecule has 0 saturated heterocycles. The Hall–Kier alpha value is -3.66. The van der Waals surface area contributed by atoms with Crippen molar-refractivity contribution in [3.8, 4) is 17.0 Å². The summed E-state index contributed by atoms with van der Waals surface area (Å²) in [5.41, 5.74) is 8.37. The summed E-state index contributed by atoms with van der Waals surface area (Å²) in [7, 11) is 0. The number of hydrogen-bond donors (Lipinski definition) is 4. The van der Waals surface area contributed by atoms with Crippen molar-refractivity contribution in [2.75, 3.05) is 29.1 Å². The number of aromatic nitrogens is 2. The molecule has 33 heavy (non-hydrogen) atoms. The lowest BCUT2D eigenvalue weighted by Crippen LogP contribution is -2.39. The number of nitrogens with two attached hydrogens (primary N) is 1. The molecular weight excluding hydrogens is 429 g/mol. The maximum absolute atomic E-state index is 15.3. The molecule has 1 fully saturated rings. The molecule has 2 aliphatic rings. The van der Waals surface area contributed by atoms with Crippen LogP contribution in [0.15, 0.2) is 24.5 Å². The number of nitrogens with zero attached hydrogens (tertiary/aromatic N) is 3. The minimum absolute atomic E-state index is 0.0685. The molecule has 3 heterocycles. The SMILES string of the molecule is Cc1c(-c2cc3cc(N(C(=O)O)[C@@H]4CC[C@@H](O)C4)ncc3c(N)c2F)cnc2c1NCCO2. The summed E-state index contributed by atoms with van der Waals surface area (Å²) in [6.45, 7) is 2.98. The first kappa shape index (κ1) is 21.2. The summed E-state index contributed by atoms with van der Waals surface area (Å²) < 4.78 is 20.9. The van der Waals surface area contributed by atoms with Crippen molar-refractivity contribution in [3.63, 3.8) is 0 Å². The molecule has 5 rings (SSSR count). The number of nitrogen functional groups attached to an aromatic ring is 1. The standard InChI is InChI=1S/C23H24FN5O4/c1-11-16(9-28-22-21(11)26-4-5-33-22)15-6-12-7-18(27-10-17(12)20(25)19(15)24)29(23(31)32)13-2-3-14(30)8-13/h6-7,9-10,13-14,26,30H,2-5,8,25H2,1H3,(H,31,32)/t13-,14-/m1/s1. The lowest BCUT2D eigenvalue weighted by molar-refractivity contribution is 0.178. The number of benzene rings is 1. The van der Waals surface area contributed by atoms with Gasteiger partial charge in [-0.2, -0.15) is 0 Å². The lowest BCUT2D eigenvalue weighted by Gasteiger charge is -2.25. The van der Waals surface area contributed by atoms with E-state index in [9.17, 15) is 15.0 Å². The smallest absolute Gasteiger partial charge is 0.413 e.